The maximum atomic E-state index is 12.9. The van der Waals surface area contributed by atoms with Crippen LogP contribution in [-0.2, 0) is 10.0 Å². The average molecular weight is 426 g/mol. The minimum absolute atomic E-state index is 0.121. The van der Waals surface area contributed by atoms with Crippen molar-refractivity contribution in [3.63, 3.8) is 0 Å². The summed E-state index contributed by atoms with van der Waals surface area (Å²) in [4.78, 5) is 8.54. The molecule has 0 radical (unpaired) electrons. The number of hydrogen-bond donors (Lipinski definition) is 0. The molecule has 6 nitrogen and oxygen atoms in total. The lowest BCUT2D eigenvalue weighted by Crippen LogP contribution is -2.41. The van der Waals surface area contributed by atoms with E-state index in [9.17, 15) is 8.42 Å². The Kier molecular flexibility index (Phi) is 5.71. The molecule has 1 unspecified atom stereocenters. The topological polar surface area (TPSA) is 72.4 Å². The second-order valence-corrected chi connectivity index (χ2v) is 8.92. The highest BCUT2D eigenvalue weighted by molar-refractivity contribution is 9.10. The van der Waals surface area contributed by atoms with Crippen LogP contribution in [0.5, 0.6) is 6.01 Å². The number of piperidine rings is 1. The number of sulfonamides is 1. The molecule has 0 bridgehead atoms. The van der Waals surface area contributed by atoms with E-state index in [1.165, 1.54) is 0 Å². The van der Waals surface area contributed by atoms with E-state index in [0.29, 0.717) is 35.1 Å². The largest absolute Gasteiger partial charge is 0.463 e. The molecule has 0 aliphatic carbocycles. The molecule has 1 aliphatic heterocycles. The maximum Gasteiger partial charge on any atom is 0.316 e. The van der Waals surface area contributed by atoms with E-state index >= 15 is 0 Å². The highest BCUT2D eigenvalue weighted by Gasteiger charge is 2.31. The maximum absolute atomic E-state index is 12.9. The third-order valence-corrected chi connectivity index (χ3v) is 7.02. The normalized spacial score (nSPS) is 18.9. The summed E-state index contributed by atoms with van der Waals surface area (Å²) in [5, 5.41) is 0. The van der Waals surface area contributed by atoms with Gasteiger partial charge in [-0.1, -0.05) is 12.1 Å². The first-order chi connectivity index (χ1) is 12.0. The molecule has 3 rings (SSSR count). The van der Waals surface area contributed by atoms with Gasteiger partial charge in [-0.25, -0.2) is 18.4 Å². The van der Waals surface area contributed by atoms with Crippen molar-refractivity contribution in [3.05, 3.63) is 46.7 Å². The summed E-state index contributed by atoms with van der Waals surface area (Å²) >= 11 is 3.33. The zero-order valence-electron chi connectivity index (χ0n) is 13.9. The van der Waals surface area contributed by atoms with Crippen molar-refractivity contribution >= 4 is 26.0 Å². The molecule has 0 spiro atoms. The van der Waals surface area contributed by atoms with E-state index in [2.05, 4.69) is 25.9 Å². The summed E-state index contributed by atoms with van der Waals surface area (Å²) in [6, 6.07) is 7.23. The standard InChI is InChI=1S/C17H20BrN3O3S/c1-13-9-19-17(20-10-13)24-12-14-5-4-8-21(11-14)25(22,23)16-7-3-2-6-15(16)18/h2-3,6-7,9-10,14H,4-5,8,11-12H2,1H3. The monoisotopic (exact) mass is 425 g/mol. The summed E-state index contributed by atoms with van der Waals surface area (Å²) < 4.78 is 33.6. The quantitative estimate of drug-likeness (QED) is 0.735. The SMILES string of the molecule is Cc1cnc(OCC2CCCN(S(=O)(=O)c3ccccc3Br)C2)nc1. The molecular formula is C17H20BrN3O3S. The molecule has 1 fully saturated rings. The fraction of sp³-hybridized carbons (Fsp3) is 0.412. The van der Waals surface area contributed by atoms with Gasteiger partial charge in [0.05, 0.1) is 11.5 Å². The highest BCUT2D eigenvalue weighted by atomic mass is 79.9. The predicted octanol–water partition coefficient (Wildman–Crippen LogP) is 3.03. The molecule has 2 aromatic rings. The van der Waals surface area contributed by atoms with Crippen LogP contribution in [0.25, 0.3) is 0 Å². The first-order valence-electron chi connectivity index (χ1n) is 8.13. The molecule has 0 N–H and O–H groups in total. The van der Waals surface area contributed by atoms with Crippen LogP contribution >= 0.6 is 15.9 Å². The Morgan fingerprint density at radius 2 is 2.00 bits per heavy atom. The molecule has 1 aromatic heterocycles. The molecule has 134 valence electrons. The number of benzene rings is 1. The summed E-state index contributed by atoms with van der Waals surface area (Å²) in [6.45, 7) is 3.29. The lowest BCUT2D eigenvalue weighted by molar-refractivity contribution is 0.171. The molecule has 1 aliphatic rings. The molecule has 25 heavy (non-hydrogen) atoms. The zero-order chi connectivity index (χ0) is 17.9. The van der Waals surface area contributed by atoms with E-state index in [1.54, 1.807) is 41.0 Å². The Labute approximate surface area is 156 Å². The zero-order valence-corrected chi connectivity index (χ0v) is 16.3. The van der Waals surface area contributed by atoms with E-state index < -0.39 is 10.0 Å². The van der Waals surface area contributed by atoms with Gasteiger partial charge in [0.1, 0.15) is 0 Å². The van der Waals surface area contributed by atoms with Crippen molar-refractivity contribution < 1.29 is 13.2 Å². The molecular weight excluding hydrogens is 406 g/mol. The smallest absolute Gasteiger partial charge is 0.316 e. The van der Waals surface area contributed by atoms with Crippen LogP contribution < -0.4 is 4.74 Å². The first kappa shape index (κ1) is 18.3. The molecule has 8 heteroatoms. The van der Waals surface area contributed by atoms with Crippen molar-refractivity contribution in [2.24, 2.45) is 5.92 Å². The number of aryl methyl sites for hydroxylation is 1. The lowest BCUT2D eigenvalue weighted by Gasteiger charge is -2.31. The van der Waals surface area contributed by atoms with Crippen molar-refractivity contribution in [2.75, 3.05) is 19.7 Å². The van der Waals surface area contributed by atoms with Crippen LogP contribution in [-0.4, -0.2) is 42.4 Å². The van der Waals surface area contributed by atoms with Gasteiger partial charge in [0.25, 0.3) is 0 Å². The van der Waals surface area contributed by atoms with Gasteiger partial charge in [-0.2, -0.15) is 4.31 Å². The molecule has 1 atom stereocenters. The molecule has 1 saturated heterocycles. The number of hydrogen-bond acceptors (Lipinski definition) is 5. The van der Waals surface area contributed by atoms with Gasteiger partial charge in [-0.15, -0.1) is 0 Å². The van der Waals surface area contributed by atoms with Gasteiger partial charge in [0.15, 0.2) is 0 Å². The van der Waals surface area contributed by atoms with Crippen molar-refractivity contribution in [1.82, 2.24) is 14.3 Å². The van der Waals surface area contributed by atoms with Gasteiger partial charge in [0.2, 0.25) is 10.0 Å². The number of rotatable bonds is 5. The first-order valence-corrected chi connectivity index (χ1v) is 10.4. The summed E-state index contributed by atoms with van der Waals surface area (Å²) in [5.74, 6) is 0.121. The summed E-state index contributed by atoms with van der Waals surface area (Å²) in [6.07, 6.45) is 5.14. The number of nitrogens with zero attached hydrogens (tertiary/aromatic N) is 3. The van der Waals surface area contributed by atoms with E-state index in [0.717, 1.165) is 18.4 Å². The number of halogens is 1. The highest BCUT2D eigenvalue weighted by Crippen LogP contribution is 2.28. The Morgan fingerprint density at radius 1 is 1.28 bits per heavy atom. The van der Waals surface area contributed by atoms with E-state index in [1.807, 2.05) is 6.92 Å². The van der Waals surface area contributed by atoms with Gasteiger partial charge < -0.3 is 4.74 Å². The summed E-state index contributed by atoms with van der Waals surface area (Å²) in [7, 11) is -3.51. The second-order valence-electron chi connectivity index (χ2n) is 6.16. The van der Waals surface area contributed by atoms with E-state index in [4.69, 9.17) is 4.74 Å². The van der Waals surface area contributed by atoms with Crippen LogP contribution in [0, 0.1) is 12.8 Å². The second kappa shape index (κ2) is 7.80. The van der Waals surface area contributed by atoms with Crippen LogP contribution in [0.2, 0.25) is 0 Å². The Morgan fingerprint density at radius 3 is 2.72 bits per heavy atom. The third-order valence-electron chi connectivity index (χ3n) is 4.14. The molecule has 1 aromatic carbocycles. The third kappa shape index (κ3) is 4.37. The van der Waals surface area contributed by atoms with Crippen molar-refractivity contribution in [1.29, 1.82) is 0 Å². The van der Waals surface area contributed by atoms with Gasteiger partial charge in [-0.3, -0.25) is 0 Å². The van der Waals surface area contributed by atoms with Gasteiger partial charge >= 0.3 is 6.01 Å². The fourth-order valence-electron chi connectivity index (χ4n) is 2.82. The fourth-order valence-corrected chi connectivity index (χ4v) is 5.34. The van der Waals surface area contributed by atoms with Crippen molar-refractivity contribution in [3.8, 4) is 6.01 Å². The lowest BCUT2D eigenvalue weighted by atomic mass is 10.0. The van der Waals surface area contributed by atoms with Crippen molar-refractivity contribution in [2.45, 2.75) is 24.7 Å². The minimum Gasteiger partial charge on any atom is -0.463 e. The molecule has 0 amide bonds. The molecule has 2 heterocycles. The summed E-state index contributed by atoms with van der Waals surface area (Å²) in [5.41, 5.74) is 0.968. The minimum atomic E-state index is -3.51. The Hall–Kier alpha value is -1.51. The van der Waals surface area contributed by atoms with Gasteiger partial charge in [-0.05, 0) is 53.4 Å². The Balaban J connectivity index is 1.66. The van der Waals surface area contributed by atoms with Gasteiger partial charge in [0, 0.05) is 35.9 Å². The average Bonchev–Trinajstić information content (AvgIpc) is 2.62. The van der Waals surface area contributed by atoms with Crippen LogP contribution in [0.15, 0.2) is 46.0 Å². The van der Waals surface area contributed by atoms with Crippen LogP contribution in [0.1, 0.15) is 18.4 Å². The van der Waals surface area contributed by atoms with E-state index in [-0.39, 0.29) is 5.92 Å². The van der Waals surface area contributed by atoms with Crippen LogP contribution in [0.3, 0.4) is 0 Å². The Bertz CT molecular complexity index is 827. The predicted molar refractivity (Wildman–Crippen MR) is 97.9 cm³/mol. The van der Waals surface area contributed by atoms with Crippen LogP contribution in [0.4, 0.5) is 0 Å². The number of aromatic nitrogens is 2. The number of ether oxygens (including phenoxy) is 1. The molecule has 0 saturated carbocycles.